The highest BCUT2D eigenvalue weighted by atomic mass is 28.3. The molecule has 0 saturated heterocycles. The van der Waals surface area contributed by atoms with Gasteiger partial charge in [-0.15, -0.1) is 0 Å². The highest BCUT2D eigenvalue weighted by Gasteiger charge is 2.51. The van der Waals surface area contributed by atoms with Crippen molar-refractivity contribution >= 4 is 20.0 Å². The number of aryl methyl sites for hydroxylation is 1. The molecule has 0 bridgehead atoms. The summed E-state index contributed by atoms with van der Waals surface area (Å²) in [5, 5.41) is 0.910. The van der Waals surface area contributed by atoms with Crippen molar-refractivity contribution in [1.82, 2.24) is 4.90 Å². The molecule has 2 aromatic rings. The number of amides is 1. The third kappa shape index (κ3) is 6.89. The van der Waals surface area contributed by atoms with Crippen LogP contribution in [0.1, 0.15) is 118 Å². The molecule has 4 atom stereocenters. The fraction of sp³-hybridized carbons (Fsp3) is 0.600. The van der Waals surface area contributed by atoms with Crippen LogP contribution in [0, 0.1) is 24.7 Å². The lowest BCUT2D eigenvalue weighted by Gasteiger charge is -2.48. The van der Waals surface area contributed by atoms with Crippen LogP contribution < -0.4 is 0 Å². The molecule has 4 rings (SSSR count). The Morgan fingerprint density at radius 2 is 1.44 bits per heavy atom. The van der Waals surface area contributed by atoms with Gasteiger partial charge in [0.15, 0.2) is 5.78 Å². The molecule has 0 unspecified atom stereocenters. The molecule has 1 fully saturated rings. The van der Waals surface area contributed by atoms with E-state index in [0.717, 1.165) is 35.6 Å². The molecule has 1 heterocycles. The van der Waals surface area contributed by atoms with Crippen molar-refractivity contribution < 1.29 is 14.3 Å². The van der Waals surface area contributed by atoms with Crippen LogP contribution in [-0.4, -0.2) is 31.0 Å². The van der Waals surface area contributed by atoms with Crippen molar-refractivity contribution in [2.75, 3.05) is 0 Å². The molecule has 0 radical (unpaired) electrons. The smallest absolute Gasteiger partial charge is 0.414 e. The van der Waals surface area contributed by atoms with Crippen LogP contribution in [0.25, 0.3) is 0 Å². The average Bonchev–Trinajstić information content (AvgIpc) is 2.98. The van der Waals surface area contributed by atoms with Crippen molar-refractivity contribution in [3.05, 3.63) is 82.7 Å². The van der Waals surface area contributed by atoms with Crippen molar-refractivity contribution in [1.29, 1.82) is 0 Å². The molecule has 45 heavy (non-hydrogen) atoms. The van der Waals surface area contributed by atoms with E-state index in [-0.39, 0.29) is 35.4 Å². The largest absolute Gasteiger partial charge is 0.446 e. The summed E-state index contributed by atoms with van der Waals surface area (Å²) in [5.41, 5.74) is 4.35. The molecule has 0 aromatic heterocycles. The van der Waals surface area contributed by atoms with E-state index in [4.69, 9.17) is 4.74 Å². The molecule has 0 spiro atoms. The lowest BCUT2D eigenvalue weighted by Crippen LogP contribution is -2.53. The van der Waals surface area contributed by atoms with Crippen LogP contribution in [0.15, 0.2) is 66.0 Å². The van der Waals surface area contributed by atoms with Gasteiger partial charge >= 0.3 is 6.09 Å². The van der Waals surface area contributed by atoms with Gasteiger partial charge in [0.05, 0.1) is 6.04 Å². The minimum absolute atomic E-state index is 0.163. The third-order valence-electron chi connectivity index (χ3n) is 11.8. The van der Waals surface area contributed by atoms with Gasteiger partial charge in [-0.05, 0) is 76.4 Å². The van der Waals surface area contributed by atoms with Crippen LogP contribution in [0.3, 0.4) is 0 Å². The predicted molar refractivity (Wildman–Crippen MR) is 190 cm³/mol. The second kappa shape index (κ2) is 14.0. The van der Waals surface area contributed by atoms with E-state index in [1.54, 1.807) is 0 Å². The van der Waals surface area contributed by atoms with E-state index in [9.17, 15) is 9.59 Å². The Morgan fingerprint density at radius 3 is 1.98 bits per heavy atom. The number of benzene rings is 2. The summed E-state index contributed by atoms with van der Waals surface area (Å²) in [6.45, 7) is 25.0. The fourth-order valence-electron chi connectivity index (χ4n) is 9.17. The first-order valence-corrected chi connectivity index (χ1v) is 19.7. The summed E-state index contributed by atoms with van der Waals surface area (Å²) in [6.07, 6.45) is 4.69. The van der Waals surface area contributed by atoms with Gasteiger partial charge in [-0.2, -0.15) is 0 Å². The zero-order valence-electron chi connectivity index (χ0n) is 29.9. The first kappa shape index (κ1) is 35.2. The van der Waals surface area contributed by atoms with Gasteiger partial charge in [0.1, 0.15) is 14.2 Å². The normalized spacial score (nSPS) is 23.2. The van der Waals surface area contributed by atoms with Crippen molar-refractivity contribution in [3.8, 4) is 0 Å². The van der Waals surface area contributed by atoms with Crippen LogP contribution in [-0.2, 0) is 14.9 Å². The predicted octanol–water partition coefficient (Wildman–Crippen LogP) is 11.0. The highest BCUT2D eigenvalue weighted by Crippen LogP contribution is 2.50. The van der Waals surface area contributed by atoms with Gasteiger partial charge in [-0.3, -0.25) is 9.69 Å². The molecule has 1 aliphatic carbocycles. The van der Waals surface area contributed by atoms with Crippen LogP contribution in [0.4, 0.5) is 4.79 Å². The highest BCUT2D eigenvalue weighted by molar-refractivity contribution is 6.93. The molecule has 246 valence electrons. The number of hydrogen-bond donors (Lipinski definition) is 0. The maximum Gasteiger partial charge on any atom is 0.414 e. The number of rotatable bonds is 9. The van der Waals surface area contributed by atoms with E-state index in [1.165, 1.54) is 5.56 Å². The van der Waals surface area contributed by atoms with Gasteiger partial charge in [0.2, 0.25) is 0 Å². The Hall–Kier alpha value is -2.66. The molecular formula is C40H59NO3Si. The van der Waals surface area contributed by atoms with Crippen LogP contribution >= 0.6 is 0 Å². The quantitative estimate of drug-likeness (QED) is 0.259. The second-order valence-corrected chi connectivity index (χ2v) is 21.7. The third-order valence-corrected chi connectivity index (χ3v) is 18.8. The van der Waals surface area contributed by atoms with E-state index in [1.807, 2.05) is 11.1 Å². The number of Topliss-reactive ketones (excluding diaryl/α,β-unsaturated/α-hetero) is 1. The van der Waals surface area contributed by atoms with Gasteiger partial charge in [0.25, 0.3) is 0 Å². The zero-order chi connectivity index (χ0) is 33.3. The standard InChI is InChI=1S/C40H59NO3Si/c1-26(2)32-21-22-37(34(23-32)40(10,11)33-15-13-12-14-16-33)44-39(43)41-25-38(45(27(3)4,28(5)6)29(7)8)36(42)24-35(41)31-19-17-30(9)18-20-31/h12-20,25-29,32,34-35,37H,21-24H2,1-11H3/t32-,34-,35+,37-/m1/s1. The van der Waals surface area contributed by atoms with Gasteiger partial charge in [-0.1, -0.05) is 129 Å². The summed E-state index contributed by atoms with van der Waals surface area (Å²) < 4.78 is 6.68. The first-order valence-electron chi connectivity index (χ1n) is 17.5. The average molecular weight is 630 g/mol. The van der Waals surface area contributed by atoms with Gasteiger partial charge in [0, 0.05) is 18.5 Å². The number of allylic oxidation sites excluding steroid dienone is 1. The van der Waals surface area contributed by atoms with E-state index >= 15 is 0 Å². The lowest BCUT2D eigenvalue weighted by molar-refractivity contribution is -0.117. The maximum absolute atomic E-state index is 14.6. The molecular weight excluding hydrogens is 571 g/mol. The Labute approximate surface area is 275 Å². The Kier molecular flexibility index (Phi) is 10.9. The molecule has 0 N–H and O–H groups in total. The molecule has 2 aliphatic rings. The molecule has 1 aliphatic heterocycles. The summed E-state index contributed by atoms with van der Waals surface area (Å²) in [6, 6.07) is 18.6. The van der Waals surface area contributed by atoms with Crippen LogP contribution in [0.2, 0.25) is 16.6 Å². The molecule has 1 amide bonds. The number of ether oxygens (including phenoxy) is 1. The number of carbonyl (C=O) groups is 2. The molecule has 2 aromatic carbocycles. The number of ketones is 1. The van der Waals surface area contributed by atoms with E-state index in [0.29, 0.717) is 34.9 Å². The van der Waals surface area contributed by atoms with Crippen molar-refractivity contribution in [3.63, 3.8) is 0 Å². The Balaban J connectivity index is 1.78. The monoisotopic (exact) mass is 629 g/mol. The number of hydrogen-bond acceptors (Lipinski definition) is 3. The van der Waals surface area contributed by atoms with E-state index < -0.39 is 8.07 Å². The van der Waals surface area contributed by atoms with Crippen LogP contribution in [0.5, 0.6) is 0 Å². The molecule has 4 nitrogen and oxygen atoms in total. The minimum Gasteiger partial charge on any atom is -0.446 e. The van der Waals surface area contributed by atoms with Gasteiger partial charge < -0.3 is 4.74 Å². The lowest BCUT2D eigenvalue weighted by atomic mass is 9.62. The van der Waals surface area contributed by atoms with Crippen molar-refractivity contribution in [2.24, 2.45) is 17.8 Å². The van der Waals surface area contributed by atoms with Gasteiger partial charge in [-0.25, -0.2) is 4.79 Å². The summed E-state index contributed by atoms with van der Waals surface area (Å²) >= 11 is 0. The number of carbonyl (C=O) groups excluding carboxylic acids is 2. The Morgan fingerprint density at radius 1 is 0.867 bits per heavy atom. The maximum atomic E-state index is 14.6. The Bertz CT molecular complexity index is 1320. The summed E-state index contributed by atoms with van der Waals surface area (Å²) in [7, 11) is -2.32. The van der Waals surface area contributed by atoms with Crippen molar-refractivity contribution in [2.45, 2.75) is 136 Å². The second-order valence-electron chi connectivity index (χ2n) is 15.8. The number of nitrogens with zero attached hydrogens (tertiary/aromatic N) is 1. The first-order chi connectivity index (χ1) is 21.1. The summed E-state index contributed by atoms with van der Waals surface area (Å²) in [5.74, 6) is 1.57. The minimum atomic E-state index is -2.32. The SMILES string of the molecule is Cc1ccc([C@@H]2CC(=O)C([Si](C(C)C)(C(C)C)C(C)C)=CN2C(=O)O[C@@H]2CC[C@@H](C(C)C)C[C@H]2C(C)(C)c2ccccc2)cc1. The topological polar surface area (TPSA) is 46.6 Å². The fourth-order valence-corrected chi connectivity index (χ4v) is 16.0. The van der Waals surface area contributed by atoms with E-state index in [2.05, 4.69) is 131 Å². The summed E-state index contributed by atoms with van der Waals surface area (Å²) in [4.78, 5) is 30.6. The molecule has 5 heteroatoms. The molecule has 1 saturated carbocycles. The zero-order valence-corrected chi connectivity index (χ0v) is 30.9.